The molecule has 0 spiro atoms. The molecular formula is C6H17O3PPd. The topological polar surface area (TPSA) is 49.7 Å². The fourth-order valence-corrected chi connectivity index (χ4v) is 2.11. The van der Waals surface area contributed by atoms with Gasteiger partial charge in [0, 0.05) is 20.4 Å². The van der Waals surface area contributed by atoms with Crippen molar-refractivity contribution >= 4 is 7.28 Å². The average molecular weight is 275 g/mol. The second kappa shape index (κ2) is 4.87. The number of hydrogen-bond acceptors (Lipinski definition) is 3. The third kappa shape index (κ3) is 4.52. The molecule has 0 saturated carbocycles. The molecule has 0 heterocycles. The SMILES string of the molecule is CCOP(O)(O)(CC)CC.[Pd]. The second-order valence-electron chi connectivity index (χ2n) is 2.35. The fraction of sp³-hybridized carbons (Fsp3) is 1.00. The molecule has 0 fully saturated rings. The summed E-state index contributed by atoms with van der Waals surface area (Å²) in [6.07, 6.45) is 0.631. The molecule has 74 valence electrons. The van der Waals surface area contributed by atoms with Crippen LogP contribution in [0.2, 0.25) is 0 Å². The maximum atomic E-state index is 9.56. The van der Waals surface area contributed by atoms with E-state index in [4.69, 9.17) is 4.52 Å². The summed E-state index contributed by atoms with van der Waals surface area (Å²) in [5.41, 5.74) is 0. The van der Waals surface area contributed by atoms with E-state index in [1.165, 1.54) is 0 Å². The molecule has 0 aliphatic heterocycles. The molecule has 0 rings (SSSR count). The van der Waals surface area contributed by atoms with E-state index in [2.05, 4.69) is 0 Å². The standard InChI is InChI=1S/C6H17O3P.Pd/c1-4-9-10(7,8,5-2)6-3;/h7-8H,4-6H2,1-3H3;. The van der Waals surface area contributed by atoms with Gasteiger partial charge in [0.05, 0.1) is 0 Å². The van der Waals surface area contributed by atoms with E-state index in [0.29, 0.717) is 18.9 Å². The van der Waals surface area contributed by atoms with E-state index in [1.54, 1.807) is 20.8 Å². The minimum atomic E-state index is -3.66. The first-order valence-corrected chi connectivity index (χ1v) is 6.06. The van der Waals surface area contributed by atoms with Crippen LogP contribution in [0.1, 0.15) is 20.8 Å². The van der Waals surface area contributed by atoms with Gasteiger partial charge in [0.1, 0.15) is 0 Å². The second-order valence-corrected chi connectivity index (χ2v) is 6.47. The summed E-state index contributed by atoms with van der Waals surface area (Å²) in [6.45, 7) is 5.60. The van der Waals surface area contributed by atoms with Gasteiger partial charge in [0.15, 0.2) is 0 Å². The van der Waals surface area contributed by atoms with Crippen LogP contribution in [0.4, 0.5) is 0 Å². The van der Waals surface area contributed by atoms with Crippen molar-refractivity contribution in [2.45, 2.75) is 20.8 Å². The molecule has 0 aliphatic rings. The Labute approximate surface area is 82.0 Å². The maximum Gasteiger partial charge on any atom is 0 e. The van der Waals surface area contributed by atoms with Crippen LogP contribution in [0.5, 0.6) is 0 Å². The molecule has 11 heavy (non-hydrogen) atoms. The largest absolute Gasteiger partial charge is 0 e. The molecular weight excluding hydrogens is 257 g/mol. The molecule has 5 heteroatoms. The molecule has 2 N–H and O–H groups in total. The van der Waals surface area contributed by atoms with Crippen molar-refractivity contribution in [2.75, 3.05) is 18.9 Å². The van der Waals surface area contributed by atoms with Crippen LogP contribution in [0.15, 0.2) is 0 Å². The molecule has 0 aromatic heterocycles. The normalized spacial score (nSPS) is 14.8. The number of rotatable bonds is 4. The zero-order chi connectivity index (χ0) is 8.28. The first-order valence-electron chi connectivity index (χ1n) is 3.63. The van der Waals surface area contributed by atoms with Gasteiger partial charge in [-0.1, -0.05) is 0 Å². The third-order valence-electron chi connectivity index (χ3n) is 1.70. The van der Waals surface area contributed by atoms with Crippen LogP contribution in [0.3, 0.4) is 0 Å². The average Bonchev–Trinajstić information content (AvgIpc) is 1.90. The zero-order valence-electron chi connectivity index (χ0n) is 7.19. The van der Waals surface area contributed by atoms with E-state index in [0.717, 1.165) is 0 Å². The minimum Gasteiger partial charge on any atom is 0 e. The van der Waals surface area contributed by atoms with Gasteiger partial charge < -0.3 is 0 Å². The van der Waals surface area contributed by atoms with Crippen molar-refractivity contribution in [1.29, 1.82) is 0 Å². The number of hydrogen-bond donors (Lipinski definition) is 2. The van der Waals surface area contributed by atoms with Gasteiger partial charge in [0.25, 0.3) is 0 Å². The molecule has 0 unspecified atom stereocenters. The van der Waals surface area contributed by atoms with Crippen molar-refractivity contribution in [3.8, 4) is 0 Å². The van der Waals surface area contributed by atoms with Gasteiger partial charge in [0.2, 0.25) is 0 Å². The first-order chi connectivity index (χ1) is 4.46. The van der Waals surface area contributed by atoms with Crippen molar-refractivity contribution in [3.63, 3.8) is 0 Å². The van der Waals surface area contributed by atoms with Gasteiger partial charge in [-0.25, -0.2) is 0 Å². The predicted octanol–water partition coefficient (Wildman–Crippen LogP) is 1.34. The smallest absolute Gasteiger partial charge is 0 e. The Morgan fingerprint density at radius 2 is 1.45 bits per heavy atom. The fourth-order valence-electron chi connectivity index (χ4n) is 0.704. The van der Waals surface area contributed by atoms with Gasteiger partial charge in [-0.05, 0) is 0 Å². The quantitative estimate of drug-likeness (QED) is 0.601. The Bertz CT molecular complexity index is 110. The molecule has 0 radical (unpaired) electrons. The molecule has 0 amide bonds. The Kier molecular flexibility index (Phi) is 6.41. The van der Waals surface area contributed by atoms with Gasteiger partial charge >= 0.3 is 61.3 Å². The van der Waals surface area contributed by atoms with E-state index in [-0.39, 0.29) is 20.4 Å². The molecule has 0 aromatic rings. The van der Waals surface area contributed by atoms with E-state index < -0.39 is 7.28 Å². The predicted molar refractivity (Wildman–Crippen MR) is 44.1 cm³/mol. The summed E-state index contributed by atoms with van der Waals surface area (Å²) in [7, 11) is -3.66. The van der Waals surface area contributed by atoms with Gasteiger partial charge in [-0.2, -0.15) is 0 Å². The summed E-state index contributed by atoms with van der Waals surface area (Å²) >= 11 is 0. The van der Waals surface area contributed by atoms with E-state index >= 15 is 0 Å². The summed E-state index contributed by atoms with van der Waals surface area (Å²) in [4.78, 5) is 19.1. The van der Waals surface area contributed by atoms with Crippen molar-refractivity contribution < 1.29 is 34.7 Å². The summed E-state index contributed by atoms with van der Waals surface area (Å²) in [6, 6.07) is 0. The monoisotopic (exact) mass is 274 g/mol. The van der Waals surface area contributed by atoms with E-state index in [1.807, 2.05) is 0 Å². The van der Waals surface area contributed by atoms with Crippen LogP contribution in [0.25, 0.3) is 0 Å². The molecule has 0 aliphatic carbocycles. The first kappa shape index (κ1) is 14.5. The van der Waals surface area contributed by atoms with Crippen molar-refractivity contribution in [3.05, 3.63) is 0 Å². The molecule has 0 saturated heterocycles. The molecule has 0 bridgehead atoms. The van der Waals surface area contributed by atoms with E-state index in [9.17, 15) is 9.79 Å². The van der Waals surface area contributed by atoms with Crippen molar-refractivity contribution in [1.82, 2.24) is 0 Å². The summed E-state index contributed by atoms with van der Waals surface area (Å²) in [5, 5.41) is 0. The Balaban J connectivity index is 0. The summed E-state index contributed by atoms with van der Waals surface area (Å²) in [5.74, 6) is 0. The van der Waals surface area contributed by atoms with Gasteiger partial charge in [-0.3, -0.25) is 0 Å². The molecule has 0 atom stereocenters. The maximum absolute atomic E-state index is 9.56. The van der Waals surface area contributed by atoms with Crippen molar-refractivity contribution in [2.24, 2.45) is 0 Å². The van der Waals surface area contributed by atoms with Crippen LogP contribution in [-0.4, -0.2) is 28.7 Å². The minimum absolute atomic E-state index is 0. The van der Waals surface area contributed by atoms with Crippen LogP contribution >= 0.6 is 7.28 Å². The van der Waals surface area contributed by atoms with Crippen LogP contribution in [0, 0.1) is 0 Å². The Morgan fingerprint density at radius 1 is 1.09 bits per heavy atom. The molecule has 3 nitrogen and oxygen atoms in total. The molecule has 0 aromatic carbocycles. The van der Waals surface area contributed by atoms with Crippen LogP contribution < -0.4 is 0 Å². The zero-order valence-corrected chi connectivity index (χ0v) is 9.64. The van der Waals surface area contributed by atoms with Crippen LogP contribution in [-0.2, 0) is 24.9 Å². The Morgan fingerprint density at radius 3 is 1.55 bits per heavy atom. The third-order valence-corrected chi connectivity index (χ3v) is 5.09. The summed E-state index contributed by atoms with van der Waals surface area (Å²) < 4.78 is 4.96. The Hall–Kier alpha value is 0.972. The van der Waals surface area contributed by atoms with Gasteiger partial charge in [-0.15, -0.1) is 0 Å².